The van der Waals surface area contributed by atoms with Gasteiger partial charge >= 0.3 is 0 Å². The molecule has 1 unspecified atom stereocenters. The normalized spacial score (nSPS) is 28.5. The quantitative estimate of drug-likeness (QED) is 0.700. The smallest absolute Gasteiger partial charge is 0.159 e. The van der Waals surface area contributed by atoms with Crippen molar-refractivity contribution >= 4 is 0 Å². The van der Waals surface area contributed by atoms with Crippen LogP contribution in [0.25, 0.3) is 0 Å². The van der Waals surface area contributed by atoms with Gasteiger partial charge < -0.3 is 0 Å². The molecule has 3 rings (SSSR count). The van der Waals surface area contributed by atoms with Crippen LogP contribution in [0.1, 0.15) is 31.0 Å². The number of likely N-dealkylation sites (N-methyl/N-ethyl adjacent to an activating group) is 1. The van der Waals surface area contributed by atoms with Crippen molar-refractivity contribution in [3.05, 3.63) is 24.0 Å². The summed E-state index contributed by atoms with van der Waals surface area (Å²) in [6.45, 7) is 1.10. The van der Waals surface area contributed by atoms with Crippen molar-refractivity contribution in [2.45, 2.75) is 30.7 Å². The largest absolute Gasteiger partial charge is 0.300 e. The Kier molecular flexibility index (Phi) is 1.83. The second-order valence-corrected chi connectivity index (χ2v) is 4.63. The molecule has 4 heteroatoms. The molecule has 3 nitrogen and oxygen atoms in total. The molecule has 1 spiro atoms. The number of likely N-dealkylation sites (tertiary alicyclic amines) is 1. The first-order valence-corrected chi connectivity index (χ1v) is 5.41. The van der Waals surface area contributed by atoms with Gasteiger partial charge in [0, 0.05) is 11.5 Å². The third-order valence-electron chi connectivity index (χ3n) is 3.88. The second-order valence-electron chi connectivity index (χ2n) is 4.63. The maximum Gasteiger partial charge on any atom is 0.159 e. The molecular formula is C11H14FN3. The zero-order chi connectivity index (χ0) is 10.5. The van der Waals surface area contributed by atoms with Gasteiger partial charge in [0.25, 0.3) is 0 Å². The summed E-state index contributed by atoms with van der Waals surface area (Å²) in [7, 11) is 2.16. The maximum atomic E-state index is 12.7. The van der Waals surface area contributed by atoms with E-state index < -0.39 is 0 Å². The van der Waals surface area contributed by atoms with Gasteiger partial charge in [-0.15, -0.1) is 0 Å². The van der Waals surface area contributed by atoms with Crippen LogP contribution in [0.15, 0.2) is 12.4 Å². The molecule has 1 saturated heterocycles. The van der Waals surface area contributed by atoms with Crippen molar-refractivity contribution in [3.63, 3.8) is 0 Å². The van der Waals surface area contributed by atoms with Crippen molar-refractivity contribution in [3.8, 4) is 0 Å². The number of aromatic nitrogens is 2. The molecule has 0 aromatic carbocycles. The van der Waals surface area contributed by atoms with E-state index in [1.165, 1.54) is 25.2 Å². The molecule has 1 aromatic rings. The topological polar surface area (TPSA) is 29.0 Å². The van der Waals surface area contributed by atoms with Crippen LogP contribution in [0, 0.1) is 5.82 Å². The summed E-state index contributed by atoms with van der Waals surface area (Å²) in [5, 5.41) is 0. The Labute approximate surface area is 88.3 Å². The summed E-state index contributed by atoms with van der Waals surface area (Å²) in [4.78, 5) is 10.6. The Hall–Kier alpha value is -1.03. The van der Waals surface area contributed by atoms with Crippen molar-refractivity contribution in [1.82, 2.24) is 14.9 Å². The van der Waals surface area contributed by atoms with E-state index in [0.29, 0.717) is 11.5 Å². The molecule has 1 atom stereocenters. The first-order chi connectivity index (χ1) is 7.22. The molecule has 2 heterocycles. The van der Waals surface area contributed by atoms with Crippen LogP contribution >= 0.6 is 0 Å². The number of nitrogens with zero attached hydrogens (tertiary/aromatic N) is 3. The molecule has 2 aliphatic rings. The SMILES string of the molecule is CN1CCC(c2ncc(F)cn2)C12CC2. The van der Waals surface area contributed by atoms with Gasteiger partial charge in [0.15, 0.2) is 5.82 Å². The molecule has 1 aliphatic heterocycles. The summed E-state index contributed by atoms with van der Waals surface area (Å²) in [6.07, 6.45) is 6.11. The third kappa shape index (κ3) is 1.28. The summed E-state index contributed by atoms with van der Waals surface area (Å²) in [5.41, 5.74) is 0.303. The summed E-state index contributed by atoms with van der Waals surface area (Å²) in [5.74, 6) is 0.872. The van der Waals surface area contributed by atoms with Gasteiger partial charge in [0.05, 0.1) is 12.4 Å². The van der Waals surface area contributed by atoms with Gasteiger partial charge in [-0.25, -0.2) is 14.4 Å². The average molecular weight is 207 g/mol. The van der Waals surface area contributed by atoms with E-state index in [-0.39, 0.29) is 5.82 Å². The van der Waals surface area contributed by atoms with Gasteiger partial charge in [0.2, 0.25) is 0 Å². The van der Waals surface area contributed by atoms with Crippen molar-refractivity contribution in [2.24, 2.45) is 0 Å². The van der Waals surface area contributed by atoms with Crippen LogP contribution in [-0.4, -0.2) is 34.0 Å². The molecule has 1 aliphatic carbocycles. The molecular weight excluding hydrogens is 193 g/mol. The van der Waals surface area contributed by atoms with E-state index in [4.69, 9.17) is 0 Å². The molecule has 80 valence electrons. The highest BCUT2D eigenvalue weighted by atomic mass is 19.1. The highest BCUT2D eigenvalue weighted by Gasteiger charge is 2.57. The lowest BCUT2D eigenvalue weighted by atomic mass is 9.97. The van der Waals surface area contributed by atoms with Crippen LogP contribution in [0.5, 0.6) is 0 Å². The minimum Gasteiger partial charge on any atom is -0.300 e. The first kappa shape index (κ1) is 9.21. The van der Waals surface area contributed by atoms with Gasteiger partial charge in [0.1, 0.15) is 5.82 Å². The van der Waals surface area contributed by atoms with E-state index in [2.05, 4.69) is 21.9 Å². The number of rotatable bonds is 1. The fraction of sp³-hybridized carbons (Fsp3) is 0.636. The first-order valence-electron chi connectivity index (χ1n) is 5.41. The maximum absolute atomic E-state index is 12.7. The van der Waals surface area contributed by atoms with Gasteiger partial charge in [-0.3, -0.25) is 4.90 Å². The zero-order valence-electron chi connectivity index (χ0n) is 8.78. The monoisotopic (exact) mass is 207 g/mol. The lowest BCUT2D eigenvalue weighted by molar-refractivity contribution is 0.273. The van der Waals surface area contributed by atoms with Crippen molar-refractivity contribution in [2.75, 3.05) is 13.6 Å². The summed E-state index contributed by atoms with van der Waals surface area (Å²) in [6, 6.07) is 0. The second kappa shape index (κ2) is 2.98. The van der Waals surface area contributed by atoms with E-state index in [9.17, 15) is 4.39 Å². The Balaban J connectivity index is 1.92. The molecule has 0 amide bonds. The molecule has 2 fully saturated rings. The predicted molar refractivity (Wildman–Crippen MR) is 53.9 cm³/mol. The van der Waals surface area contributed by atoms with Crippen molar-refractivity contribution in [1.29, 1.82) is 0 Å². The van der Waals surface area contributed by atoms with Crippen LogP contribution in [0.2, 0.25) is 0 Å². The molecule has 1 saturated carbocycles. The third-order valence-corrected chi connectivity index (χ3v) is 3.88. The van der Waals surface area contributed by atoms with E-state index >= 15 is 0 Å². The Morgan fingerprint density at radius 3 is 2.67 bits per heavy atom. The lowest BCUT2D eigenvalue weighted by Gasteiger charge is -2.23. The van der Waals surface area contributed by atoms with Crippen LogP contribution in [0.4, 0.5) is 4.39 Å². The van der Waals surface area contributed by atoms with E-state index in [1.54, 1.807) is 0 Å². The summed E-state index contributed by atoms with van der Waals surface area (Å²) >= 11 is 0. The van der Waals surface area contributed by atoms with Crippen LogP contribution < -0.4 is 0 Å². The van der Waals surface area contributed by atoms with Crippen molar-refractivity contribution < 1.29 is 4.39 Å². The van der Waals surface area contributed by atoms with Crippen LogP contribution in [0.3, 0.4) is 0 Å². The van der Waals surface area contributed by atoms with Gasteiger partial charge in [-0.05, 0) is 32.9 Å². The highest BCUT2D eigenvalue weighted by Crippen LogP contribution is 2.55. The van der Waals surface area contributed by atoms with E-state index in [0.717, 1.165) is 18.8 Å². The molecule has 15 heavy (non-hydrogen) atoms. The van der Waals surface area contributed by atoms with Crippen LogP contribution in [-0.2, 0) is 0 Å². The fourth-order valence-electron chi connectivity index (χ4n) is 2.81. The minimum absolute atomic E-state index is 0.303. The summed E-state index contributed by atoms with van der Waals surface area (Å²) < 4.78 is 12.7. The molecule has 1 aromatic heterocycles. The standard InChI is InChI=1S/C11H14FN3/c1-15-5-2-9(11(15)3-4-11)10-13-6-8(12)7-14-10/h6-7,9H,2-5H2,1H3. The number of hydrogen-bond acceptors (Lipinski definition) is 3. The minimum atomic E-state index is -0.352. The Morgan fingerprint density at radius 2 is 2.07 bits per heavy atom. The van der Waals surface area contributed by atoms with Gasteiger partial charge in [-0.2, -0.15) is 0 Å². The fourth-order valence-corrected chi connectivity index (χ4v) is 2.81. The molecule has 0 N–H and O–H groups in total. The Bertz CT molecular complexity index is 372. The highest BCUT2D eigenvalue weighted by molar-refractivity contribution is 5.21. The predicted octanol–water partition coefficient (Wildman–Crippen LogP) is 1.57. The Morgan fingerprint density at radius 1 is 1.40 bits per heavy atom. The van der Waals surface area contributed by atoms with Gasteiger partial charge in [-0.1, -0.05) is 0 Å². The molecule has 0 bridgehead atoms. The van der Waals surface area contributed by atoms with E-state index in [1.807, 2.05) is 0 Å². The number of halogens is 1. The average Bonchev–Trinajstić information content (AvgIpc) is 2.95. The molecule has 0 radical (unpaired) electrons. The zero-order valence-corrected chi connectivity index (χ0v) is 8.78. The number of hydrogen-bond donors (Lipinski definition) is 0. The lowest BCUT2D eigenvalue weighted by Crippen LogP contribution is -2.31.